The standard InChI is InChI=1S/C14H19Cl2NO2/c1-3-19-13(18)14(2,5-4-6-17)10-7-11(15)9-12(16)8-10/h7-9H,3-6,17H2,1-2H3. The predicted octanol–water partition coefficient (Wildman–Crippen LogP) is 3.55. The summed E-state index contributed by atoms with van der Waals surface area (Å²) in [6.45, 7) is 4.48. The number of hydrogen-bond donors (Lipinski definition) is 1. The minimum absolute atomic E-state index is 0.276. The third kappa shape index (κ3) is 4.10. The van der Waals surface area contributed by atoms with Gasteiger partial charge in [0.05, 0.1) is 12.0 Å². The van der Waals surface area contributed by atoms with E-state index in [0.717, 1.165) is 12.0 Å². The molecule has 1 atom stereocenters. The van der Waals surface area contributed by atoms with Crippen molar-refractivity contribution in [1.82, 2.24) is 0 Å². The van der Waals surface area contributed by atoms with E-state index in [9.17, 15) is 4.79 Å². The van der Waals surface area contributed by atoms with E-state index in [1.807, 2.05) is 6.92 Å². The predicted molar refractivity (Wildman–Crippen MR) is 78.7 cm³/mol. The molecule has 1 aromatic rings. The summed E-state index contributed by atoms with van der Waals surface area (Å²) in [4.78, 5) is 12.2. The van der Waals surface area contributed by atoms with Gasteiger partial charge in [0.25, 0.3) is 0 Å². The summed E-state index contributed by atoms with van der Waals surface area (Å²) in [6.07, 6.45) is 1.32. The van der Waals surface area contributed by atoms with Gasteiger partial charge in [-0.1, -0.05) is 23.2 Å². The summed E-state index contributed by atoms with van der Waals surface area (Å²) in [6, 6.07) is 5.14. The molecule has 106 valence electrons. The van der Waals surface area contributed by atoms with E-state index in [-0.39, 0.29) is 5.97 Å². The molecule has 0 spiro atoms. The van der Waals surface area contributed by atoms with Crippen LogP contribution in [-0.4, -0.2) is 19.1 Å². The second kappa shape index (κ2) is 7.13. The third-order valence-corrected chi connectivity index (χ3v) is 3.54. The van der Waals surface area contributed by atoms with Crippen LogP contribution in [0.1, 0.15) is 32.3 Å². The topological polar surface area (TPSA) is 52.3 Å². The lowest BCUT2D eigenvalue weighted by molar-refractivity contribution is -0.149. The van der Waals surface area contributed by atoms with Gasteiger partial charge in [-0.05, 0) is 57.0 Å². The minimum Gasteiger partial charge on any atom is -0.465 e. The van der Waals surface area contributed by atoms with Crippen LogP contribution in [-0.2, 0) is 14.9 Å². The molecule has 1 rings (SSSR count). The number of benzene rings is 1. The number of carbonyl (C=O) groups is 1. The average molecular weight is 304 g/mol. The summed E-state index contributed by atoms with van der Waals surface area (Å²) in [7, 11) is 0. The lowest BCUT2D eigenvalue weighted by atomic mass is 9.78. The third-order valence-electron chi connectivity index (χ3n) is 3.11. The van der Waals surface area contributed by atoms with Crippen LogP contribution in [0.25, 0.3) is 0 Å². The van der Waals surface area contributed by atoms with Gasteiger partial charge in [0.1, 0.15) is 0 Å². The number of nitrogens with two attached hydrogens (primary N) is 1. The van der Waals surface area contributed by atoms with E-state index in [4.69, 9.17) is 33.7 Å². The second-order valence-corrected chi connectivity index (χ2v) is 5.48. The molecule has 0 bridgehead atoms. The molecule has 0 saturated carbocycles. The lowest BCUT2D eigenvalue weighted by Crippen LogP contribution is -2.35. The first-order chi connectivity index (χ1) is 8.93. The maximum Gasteiger partial charge on any atom is 0.316 e. The van der Waals surface area contributed by atoms with Crippen LogP contribution in [0.15, 0.2) is 18.2 Å². The number of esters is 1. The Hall–Kier alpha value is -0.770. The van der Waals surface area contributed by atoms with E-state index in [1.54, 1.807) is 25.1 Å². The molecule has 0 radical (unpaired) electrons. The SMILES string of the molecule is CCOC(=O)C(C)(CCCN)c1cc(Cl)cc(Cl)c1. The van der Waals surface area contributed by atoms with Crippen molar-refractivity contribution >= 4 is 29.2 Å². The van der Waals surface area contributed by atoms with Crippen molar-refractivity contribution < 1.29 is 9.53 Å². The first-order valence-electron chi connectivity index (χ1n) is 6.28. The molecule has 5 heteroatoms. The fourth-order valence-corrected chi connectivity index (χ4v) is 2.51. The van der Waals surface area contributed by atoms with Gasteiger partial charge >= 0.3 is 5.97 Å². The van der Waals surface area contributed by atoms with Crippen molar-refractivity contribution in [1.29, 1.82) is 0 Å². The van der Waals surface area contributed by atoms with Crippen LogP contribution >= 0.6 is 23.2 Å². The van der Waals surface area contributed by atoms with Gasteiger partial charge in [-0.2, -0.15) is 0 Å². The van der Waals surface area contributed by atoms with Crippen LogP contribution < -0.4 is 5.73 Å². The molecule has 0 aliphatic rings. The maximum atomic E-state index is 12.2. The van der Waals surface area contributed by atoms with Crippen molar-refractivity contribution in [3.63, 3.8) is 0 Å². The van der Waals surface area contributed by atoms with Crippen LogP contribution in [0.4, 0.5) is 0 Å². The summed E-state index contributed by atoms with van der Waals surface area (Å²) in [5.74, 6) is -0.276. The largest absolute Gasteiger partial charge is 0.465 e. The number of rotatable bonds is 6. The summed E-state index contributed by atoms with van der Waals surface area (Å²) >= 11 is 12.0. The highest BCUT2D eigenvalue weighted by Gasteiger charge is 2.36. The maximum absolute atomic E-state index is 12.2. The number of halogens is 2. The van der Waals surface area contributed by atoms with Crippen molar-refractivity contribution in [2.24, 2.45) is 5.73 Å². The molecule has 3 nitrogen and oxygen atoms in total. The Balaban J connectivity index is 3.17. The average Bonchev–Trinajstić information content (AvgIpc) is 2.35. The van der Waals surface area contributed by atoms with Crippen molar-refractivity contribution in [3.8, 4) is 0 Å². The smallest absolute Gasteiger partial charge is 0.316 e. The van der Waals surface area contributed by atoms with Gasteiger partial charge in [-0.15, -0.1) is 0 Å². The minimum atomic E-state index is -0.774. The van der Waals surface area contributed by atoms with Gasteiger partial charge < -0.3 is 10.5 Å². The van der Waals surface area contributed by atoms with Gasteiger partial charge in [0, 0.05) is 10.0 Å². The molecular weight excluding hydrogens is 285 g/mol. The molecule has 0 amide bonds. The fourth-order valence-electron chi connectivity index (χ4n) is 1.98. The Bertz CT molecular complexity index is 431. The first kappa shape index (κ1) is 16.3. The first-order valence-corrected chi connectivity index (χ1v) is 7.03. The zero-order chi connectivity index (χ0) is 14.5. The van der Waals surface area contributed by atoms with Crippen LogP contribution in [0.2, 0.25) is 10.0 Å². The Morgan fingerprint density at radius 1 is 1.32 bits per heavy atom. The Morgan fingerprint density at radius 2 is 1.89 bits per heavy atom. The van der Waals surface area contributed by atoms with Gasteiger partial charge in [0.15, 0.2) is 0 Å². The van der Waals surface area contributed by atoms with Crippen molar-refractivity contribution in [3.05, 3.63) is 33.8 Å². The molecule has 1 unspecified atom stereocenters. The molecule has 0 aromatic heterocycles. The van der Waals surface area contributed by atoms with E-state index in [1.165, 1.54) is 0 Å². The molecule has 0 saturated heterocycles. The van der Waals surface area contributed by atoms with Gasteiger partial charge in [-0.25, -0.2) is 0 Å². The van der Waals surface area contributed by atoms with E-state index < -0.39 is 5.41 Å². The van der Waals surface area contributed by atoms with Gasteiger partial charge in [-0.3, -0.25) is 4.79 Å². The van der Waals surface area contributed by atoms with Crippen LogP contribution in [0, 0.1) is 0 Å². The molecule has 0 heterocycles. The highest BCUT2D eigenvalue weighted by Crippen LogP contribution is 2.34. The quantitative estimate of drug-likeness (QED) is 0.818. The molecule has 0 aliphatic heterocycles. The van der Waals surface area contributed by atoms with Gasteiger partial charge in [0.2, 0.25) is 0 Å². The summed E-state index contributed by atoms with van der Waals surface area (Å²) < 4.78 is 5.17. The molecule has 1 aromatic carbocycles. The van der Waals surface area contributed by atoms with Crippen molar-refractivity contribution in [2.45, 2.75) is 32.1 Å². The molecule has 0 fully saturated rings. The van der Waals surface area contributed by atoms with Crippen LogP contribution in [0.3, 0.4) is 0 Å². The monoisotopic (exact) mass is 303 g/mol. The zero-order valence-electron chi connectivity index (χ0n) is 11.2. The van der Waals surface area contributed by atoms with E-state index in [2.05, 4.69) is 0 Å². The van der Waals surface area contributed by atoms with E-state index >= 15 is 0 Å². The zero-order valence-corrected chi connectivity index (χ0v) is 12.7. The van der Waals surface area contributed by atoms with E-state index in [0.29, 0.717) is 29.6 Å². The molecular formula is C14H19Cl2NO2. The lowest BCUT2D eigenvalue weighted by Gasteiger charge is -2.28. The number of hydrogen-bond acceptors (Lipinski definition) is 3. The number of ether oxygens (including phenoxy) is 1. The fraction of sp³-hybridized carbons (Fsp3) is 0.500. The second-order valence-electron chi connectivity index (χ2n) is 4.60. The highest BCUT2D eigenvalue weighted by atomic mass is 35.5. The molecule has 2 N–H and O–H groups in total. The highest BCUT2D eigenvalue weighted by molar-refractivity contribution is 6.34. The Kier molecular flexibility index (Phi) is 6.11. The van der Waals surface area contributed by atoms with Crippen molar-refractivity contribution in [2.75, 3.05) is 13.2 Å². The Labute approximate surface area is 124 Å². The normalized spacial score (nSPS) is 13.9. The number of carbonyl (C=O) groups excluding carboxylic acids is 1. The molecule has 0 aliphatic carbocycles. The summed E-state index contributed by atoms with van der Waals surface area (Å²) in [5.41, 5.74) is 5.53. The Morgan fingerprint density at radius 3 is 2.37 bits per heavy atom. The molecule has 19 heavy (non-hydrogen) atoms. The van der Waals surface area contributed by atoms with Crippen LogP contribution in [0.5, 0.6) is 0 Å². The summed E-state index contributed by atoms with van der Waals surface area (Å²) in [5, 5.41) is 1.01.